The summed E-state index contributed by atoms with van der Waals surface area (Å²) in [6.45, 7) is 0. The number of nitrogens with zero attached hydrogens (tertiary/aromatic N) is 2. The van der Waals surface area contributed by atoms with Crippen molar-refractivity contribution in [2.75, 3.05) is 0 Å². The molecule has 0 aromatic heterocycles. The average Bonchev–Trinajstić information content (AvgIpc) is 3.02. The summed E-state index contributed by atoms with van der Waals surface area (Å²) in [5, 5.41) is 25.8. The average molecular weight is 212 g/mol. The van der Waals surface area contributed by atoms with Crippen molar-refractivity contribution in [3.05, 3.63) is 81.8 Å². The maximum absolute atomic E-state index is 12.9. The zero-order chi connectivity index (χ0) is 11.0. The Kier molecular flexibility index (Phi) is 1.15. The van der Waals surface area contributed by atoms with Crippen molar-refractivity contribution in [1.29, 1.82) is 0 Å². The molecule has 4 bridgehead atoms. The van der Waals surface area contributed by atoms with Crippen molar-refractivity contribution in [1.82, 2.24) is 0 Å². The van der Waals surface area contributed by atoms with E-state index >= 15 is 0 Å². The fourth-order valence-electron chi connectivity index (χ4n) is 2.66. The van der Waals surface area contributed by atoms with Crippen molar-refractivity contribution < 1.29 is 9.51 Å². The maximum Gasteiger partial charge on any atom is 0.188 e. The molecule has 16 heavy (non-hydrogen) atoms. The van der Waals surface area contributed by atoms with Crippen LogP contribution >= 0.6 is 0 Å². The highest BCUT2D eigenvalue weighted by molar-refractivity contribution is 5.44. The van der Waals surface area contributed by atoms with Gasteiger partial charge < -0.3 is 10.4 Å². The molecule has 4 nitrogen and oxygen atoms in total. The summed E-state index contributed by atoms with van der Waals surface area (Å²) < 4.78 is -1.91. The van der Waals surface area contributed by atoms with Crippen LogP contribution in [0.4, 0.5) is 0 Å². The molecule has 4 rings (SSSR count). The van der Waals surface area contributed by atoms with Gasteiger partial charge in [0.2, 0.25) is 0 Å². The lowest BCUT2D eigenvalue weighted by Gasteiger charge is -2.52. The van der Waals surface area contributed by atoms with Crippen LogP contribution in [0.5, 0.6) is 0 Å². The number of allylic oxidation sites excluding steroid dienone is 8. The highest BCUT2D eigenvalue weighted by Crippen LogP contribution is 2.52. The van der Waals surface area contributed by atoms with Gasteiger partial charge in [0.1, 0.15) is 0 Å². The minimum absolute atomic E-state index is 0.507. The summed E-state index contributed by atoms with van der Waals surface area (Å²) in [6, 6.07) is 0. The predicted molar refractivity (Wildman–Crippen MR) is 57.9 cm³/mol. The predicted octanol–water partition coefficient (Wildman–Crippen LogP) is 2.23. The lowest BCUT2D eigenvalue weighted by atomic mass is 10.3. The molecule has 0 aliphatic carbocycles. The Bertz CT molecular complexity index is 505. The molecule has 0 aromatic rings. The molecule has 0 radical (unpaired) electrons. The van der Waals surface area contributed by atoms with Crippen LogP contribution in [0.15, 0.2) is 71.4 Å². The van der Waals surface area contributed by atoms with Crippen LogP contribution in [0.25, 0.3) is 0 Å². The first kappa shape index (κ1) is 8.43. The van der Waals surface area contributed by atoms with Crippen LogP contribution in [0.2, 0.25) is 0 Å². The molecule has 0 N–H and O–H groups in total. The topological polar surface area (TPSA) is 46.1 Å². The summed E-state index contributed by atoms with van der Waals surface area (Å²) in [4.78, 5) is 0. The maximum atomic E-state index is 12.9. The lowest BCUT2D eigenvalue weighted by molar-refractivity contribution is -1.38. The van der Waals surface area contributed by atoms with Gasteiger partial charge in [-0.3, -0.25) is 0 Å². The Morgan fingerprint density at radius 1 is 0.562 bits per heavy atom. The third-order valence-electron chi connectivity index (χ3n) is 3.50. The molecule has 0 saturated heterocycles. The Labute approximate surface area is 92.0 Å². The van der Waals surface area contributed by atoms with E-state index in [1.54, 1.807) is 48.6 Å². The molecule has 0 unspecified atom stereocenters. The van der Waals surface area contributed by atoms with Gasteiger partial charge in [0, 0.05) is 48.6 Å². The molecular weight excluding hydrogens is 204 g/mol. The molecule has 0 aromatic carbocycles. The van der Waals surface area contributed by atoms with E-state index in [1.165, 1.54) is 0 Å². The van der Waals surface area contributed by atoms with Gasteiger partial charge in [-0.15, -0.1) is 9.51 Å². The van der Waals surface area contributed by atoms with E-state index in [-0.39, 0.29) is 0 Å². The summed E-state index contributed by atoms with van der Waals surface area (Å²) in [6.07, 6.45) is 13.8. The molecule has 4 heteroatoms. The van der Waals surface area contributed by atoms with Crippen LogP contribution in [0.1, 0.15) is 0 Å². The van der Waals surface area contributed by atoms with E-state index in [2.05, 4.69) is 0 Å². The molecule has 0 fully saturated rings. The van der Waals surface area contributed by atoms with Crippen molar-refractivity contribution in [2.24, 2.45) is 0 Å². The zero-order valence-corrected chi connectivity index (χ0v) is 8.33. The standard InChI is InChI=1S/C12H8N2O2/c15-13(9-1-2-10(13)4-3-9)14(16)11-5-6-12(14)8-7-11/h1-8H. The highest BCUT2D eigenvalue weighted by Gasteiger charge is 2.55. The molecular formula is C12H8N2O2. The summed E-state index contributed by atoms with van der Waals surface area (Å²) in [5.41, 5.74) is 2.03. The van der Waals surface area contributed by atoms with E-state index < -0.39 is 9.51 Å². The molecule has 0 atom stereocenters. The first-order valence-corrected chi connectivity index (χ1v) is 5.10. The largest absolute Gasteiger partial charge is 0.570 e. The van der Waals surface area contributed by atoms with Crippen molar-refractivity contribution in [3.8, 4) is 0 Å². The van der Waals surface area contributed by atoms with Gasteiger partial charge in [-0.05, 0) is 0 Å². The third-order valence-corrected chi connectivity index (χ3v) is 3.50. The van der Waals surface area contributed by atoms with E-state index in [1.807, 2.05) is 0 Å². The summed E-state index contributed by atoms with van der Waals surface area (Å²) >= 11 is 0. The van der Waals surface area contributed by atoms with Crippen LogP contribution in [0, 0.1) is 10.4 Å². The minimum Gasteiger partial charge on any atom is -0.570 e. The molecule has 0 saturated carbocycles. The second kappa shape index (κ2) is 2.18. The van der Waals surface area contributed by atoms with E-state index in [0.717, 1.165) is 0 Å². The fraction of sp³-hybridized carbons (Fsp3) is 0. The Morgan fingerprint density at radius 3 is 1.00 bits per heavy atom. The number of rotatable bonds is 1. The van der Waals surface area contributed by atoms with Gasteiger partial charge in [-0.2, -0.15) is 0 Å². The number of hydroxylamine groups is 4. The number of fused-ring (bicyclic) bond motifs is 5. The fourth-order valence-corrected chi connectivity index (χ4v) is 2.66. The van der Waals surface area contributed by atoms with Crippen molar-refractivity contribution >= 4 is 0 Å². The highest BCUT2D eigenvalue weighted by atomic mass is 16.8. The van der Waals surface area contributed by atoms with Crippen LogP contribution in [-0.4, -0.2) is 9.51 Å². The van der Waals surface area contributed by atoms with Gasteiger partial charge in [-0.25, -0.2) is 0 Å². The van der Waals surface area contributed by atoms with E-state index in [4.69, 9.17) is 0 Å². The molecule has 0 amide bonds. The molecule has 4 aliphatic heterocycles. The van der Waals surface area contributed by atoms with Crippen LogP contribution in [-0.2, 0) is 0 Å². The minimum atomic E-state index is -0.954. The quantitative estimate of drug-likeness (QED) is 0.494. The number of hydrogen-bond acceptors (Lipinski definition) is 2. The monoisotopic (exact) mass is 212 g/mol. The van der Waals surface area contributed by atoms with Crippen LogP contribution in [0.3, 0.4) is 0 Å². The Balaban J connectivity index is 1.97. The number of quaternary nitrogens is 2. The number of hydrogen-bond donors (Lipinski definition) is 0. The van der Waals surface area contributed by atoms with Crippen LogP contribution < -0.4 is 0 Å². The van der Waals surface area contributed by atoms with Gasteiger partial charge in [0.05, 0.1) is 0 Å². The SMILES string of the molecule is [O-][N+]1([N+]2([O-])C3=CC=C2C=C3)C2=CC=C1C=C2. The molecule has 78 valence electrons. The van der Waals surface area contributed by atoms with E-state index in [9.17, 15) is 10.4 Å². The molecule has 0 spiro atoms. The van der Waals surface area contributed by atoms with Gasteiger partial charge in [0.25, 0.3) is 0 Å². The van der Waals surface area contributed by atoms with E-state index in [0.29, 0.717) is 22.8 Å². The second-order valence-corrected chi connectivity index (χ2v) is 4.18. The van der Waals surface area contributed by atoms with Crippen molar-refractivity contribution in [2.45, 2.75) is 0 Å². The lowest BCUT2D eigenvalue weighted by Crippen LogP contribution is -2.58. The molecule has 4 aliphatic rings. The van der Waals surface area contributed by atoms with Gasteiger partial charge in [0.15, 0.2) is 22.8 Å². The Morgan fingerprint density at radius 2 is 0.812 bits per heavy atom. The second-order valence-electron chi connectivity index (χ2n) is 4.18. The normalized spacial score (nSPS) is 29.4. The summed E-state index contributed by atoms with van der Waals surface area (Å²) in [5.74, 6) is 0. The molecule has 4 heterocycles. The van der Waals surface area contributed by atoms with Gasteiger partial charge >= 0.3 is 0 Å². The first-order valence-electron chi connectivity index (χ1n) is 5.10. The van der Waals surface area contributed by atoms with Gasteiger partial charge in [-0.1, -0.05) is 0 Å². The third kappa shape index (κ3) is 0.594. The van der Waals surface area contributed by atoms with Crippen molar-refractivity contribution in [3.63, 3.8) is 0 Å². The zero-order valence-electron chi connectivity index (χ0n) is 8.33. The summed E-state index contributed by atoms with van der Waals surface area (Å²) in [7, 11) is 0. The smallest absolute Gasteiger partial charge is 0.188 e. The Hall–Kier alpha value is -1.72. The first-order chi connectivity index (χ1) is 7.67.